The van der Waals surface area contributed by atoms with Gasteiger partial charge in [0.2, 0.25) is 0 Å². The average molecular weight is 343 g/mol. The van der Waals surface area contributed by atoms with E-state index in [4.69, 9.17) is 0 Å². The van der Waals surface area contributed by atoms with Gasteiger partial charge < -0.3 is 0 Å². The monoisotopic (exact) mass is 342 g/mol. The molecule has 0 radical (unpaired) electrons. The van der Waals surface area contributed by atoms with Crippen LogP contribution >= 0.6 is 0 Å². The van der Waals surface area contributed by atoms with Gasteiger partial charge in [0.25, 0.3) is 0 Å². The molecule has 150 valence electrons. The van der Waals surface area contributed by atoms with Gasteiger partial charge in [0.05, 0.1) is 0 Å². The number of aryl methyl sites for hydroxylation is 1. The third-order valence-electron chi connectivity index (χ3n) is 1.85. The Morgan fingerprint density at radius 2 is 0.917 bits per heavy atom. The summed E-state index contributed by atoms with van der Waals surface area (Å²) in [6.07, 6.45) is 2.52. The van der Waals surface area contributed by atoms with Crippen molar-refractivity contribution in [2.45, 2.75) is 110 Å². The molecule has 0 atom stereocenters. The molecule has 0 bridgehead atoms. The van der Waals surface area contributed by atoms with Gasteiger partial charge in [-0.3, -0.25) is 0 Å². The average Bonchev–Trinajstić information content (AvgIpc) is 2.61. The largest absolute Gasteiger partial charge is 0.0776 e. The lowest BCUT2D eigenvalue weighted by Gasteiger charge is -2.03. The molecule has 0 spiro atoms. The SMILES string of the molecule is C.CC.CC.CC.CC.CC(C)C.CC(C)CCc1ccccc1. The first kappa shape index (κ1) is 38.7. The molecule has 0 nitrogen and oxygen atoms in total. The van der Waals surface area contributed by atoms with Gasteiger partial charge >= 0.3 is 0 Å². The maximum absolute atomic E-state index is 2.27. The van der Waals surface area contributed by atoms with Crippen LogP contribution in [0.25, 0.3) is 0 Å². The molecule has 0 saturated carbocycles. The molecule has 0 unspecified atom stereocenters. The smallest absolute Gasteiger partial charge is 0.0276 e. The maximum atomic E-state index is 2.27. The van der Waals surface area contributed by atoms with Crippen molar-refractivity contribution in [2.24, 2.45) is 11.8 Å². The summed E-state index contributed by atoms with van der Waals surface area (Å²) in [7, 11) is 0. The standard InChI is InChI=1S/C11H16.C4H10.4C2H6.CH4/c1-10(2)8-9-11-6-4-3-5-7-11;1-4(2)3;4*1-2;/h3-7,10H,8-9H2,1-2H3;4H,1-3H3;4*1-2H3;1H4. The van der Waals surface area contributed by atoms with Gasteiger partial charge in [-0.05, 0) is 30.2 Å². The Morgan fingerprint density at radius 3 is 1.17 bits per heavy atom. The van der Waals surface area contributed by atoms with Gasteiger partial charge in [-0.25, -0.2) is 0 Å². The van der Waals surface area contributed by atoms with E-state index in [-0.39, 0.29) is 7.43 Å². The first-order valence-corrected chi connectivity index (χ1v) is 10.1. The summed E-state index contributed by atoms with van der Waals surface area (Å²) in [6, 6.07) is 10.7. The van der Waals surface area contributed by atoms with Crippen LogP contribution in [0.4, 0.5) is 0 Å². The van der Waals surface area contributed by atoms with Crippen LogP contribution in [-0.4, -0.2) is 0 Å². The van der Waals surface area contributed by atoms with Crippen molar-refractivity contribution in [1.82, 2.24) is 0 Å². The maximum Gasteiger partial charge on any atom is -0.0276 e. The first-order valence-electron chi connectivity index (χ1n) is 10.1. The third kappa shape index (κ3) is 58.1. The van der Waals surface area contributed by atoms with Crippen LogP contribution in [0.1, 0.15) is 109 Å². The summed E-state index contributed by atoms with van der Waals surface area (Å²) < 4.78 is 0. The molecule has 0 N–H and O–H groups in total. The molecular weight excluding hydrogens is 288 g/mol. The van der Waals surface area contributed by atoms with Crippen LogP contribution in [0.2, 0.25) is 0 Å². The van der Waals surface area contributed by atoms with Crippen LogP contribution < -0.4 is 0 Å². The molecule has 1 rings (SSSR count). The van der Waals surface area contributed by atoms with Crippen molar-refractivity contribution < 1.29 is 0 Å². The first-order chi connectivity index (χ1) is 11.0. The number of benzene rings is 1. The Morgan fingerprint density at radius 1 is 0.625 bits per heavy atom. The minimum absolute atomic E-state index is 0. The van der Waals surface area contributed by atoms with E-state index in [1.54, 1.807) is 0 Å². The van der Waals surface area contributed by atoms with E-state index < -0.39 is 0 Å². The number of rotatable bonds is 3. The van der Waals surface area contributed by atoms with Gasteiger partial charge in [-0.1, -0.05) is 128 Å². The molecule has 1 aromatic carbocycles. The highest BCUT2D eigenvalue weighted by Crippen LogP contribution is 2.07. The Hall–Kier alpha value is -0.780. The Kier molecular flexibility index (Phi) is 69.6. The van der Waals surface area contributed by atoms with E-state index in [2.05, 4.69) is 65.0 Å². The van der Waals surface area contributed by atoms with E-state index >= 15 is 0 Å². The molecule has 0 aliphatic carbocycles. The molecule has 1 aromatic rings. The third-order valence-corrected chi connectivity index (χ3v) is 1.85. The van der Waals surface area contributed by atoms with Gasteiger partial charge in [-0.15, -0.1) is 0 Å². The zero-order valence-corrected chi connectivity index (χ0v) is 19.0. The molecule has 0 aliphatic rings. The summed E-state index contributed by atoms with van der Waals surface area (Å²) in [5.41, 5.74) is 1.46. The van der Waals surface area contributed by atoms with Gasteiger partial charge in [0.15, 0.2) is 0 Å². The second-order valence-corrected chi connectivity index (χ2v) is 5.15. The molecule has 0 saturated heterocycles. The predicted molar refractivity (Wildman–Crippen MR) is 122 cm³/mol. The highest BCUT2D eigenvalue weighted by Gasteiger charge is 1.94. The molecule has 0 heteroatoms. The second-order valence-electron chi connectivity index (χ2n) is 5.15. The normalized spacial score (nSPS) is 7.29. The van der Waals surface area contributed by atoms with Crippen molar-refractivity contribution in [2.75, 3.05) is 0 Å². The lowest BCUT2D eigenvalue weighted by molar-refractivity contribution is 0.587. The van der Waals surface area contributed by atoms with Gasteiger partial charge in [0, 0.05) is 0 Å². The molecule has 0 aliphatic heterocycles. The number of hydrogen-bond donors (Lipinski definition) is 0. The van der Waals surface area contributed by atoms with Crippen LogP contribution in [0.15, 0.2) is 30.3 Å². The number of hydrogen-bond acceptors (Lipinski definition) is 0. The van der Waals surface area contributed by atoms with Crippen molar-refractivity contribution in [3.8, 4) is 0 Å². The lowest BCUT2D eigenvalue weighted by atomic mass is 10.0. The van der Waals surface area contributed by atoms with E-state index in [9.17, 15) is 0 Å². The van der Waals surface area contributed by atoms with E-state index in [1.165, 1.54) is 18.4 Å². The fourth-order valence-corrected chi connectivity index (χ4v) is 1.10. The fourth-order valence-electron chi connectivity index (χ4n) is 1.10. The summed E-state index contributed by atoms with van der Waals surface area (Å²) in [5, 5.41) is 0. The molecule has 0 aromatic heterocycles. The van der Waals surface area contributed by atoms with Gasteiger partial charge in [0.1, 0.15) is 0 Å². The summed E-state index contributed by atoms with van der Waals surface area (Å²) >= 11 is 0. The molecule has 0 heterocycles. The minimum Gasteiger partial charge on any atom is -0.0776 e. The molecule has 0 amide bonds. The highest BCUT2D eigenvalue weighted by atomic mass is 14.0. The van der Waals surface area contributed by atoms with Crippen LogP contribution in [-0.2, 0) is 6.42 Å². The van der Waals surface area contributed by atoms with Crippen LogP contribution in [0, 0.1) is 11.8 Å². The van der Waals surface area contributed by atoms with Crippen molar-refractivity contribution in [3.63, 3.8) is 0 Å². The van der Waals surface area contributed by atoms with Crippen LogP contribution in [0.5, 0.6) is 0 Å². The molecule has 24 heavy (non-hydrogen) atoms. The Bertz CT molecular complexity index is 218. The van der Waals surface area contributed by atoms with Crippen molar-refractivity contribution in [3.05, 3.63) is 35.9 Å². The topological polar surface area (TPSA) is 0 Å². The van der Waals surface area contributed by atoms with E-state index in [1.807, 2.05) is 55.4 Å². The zero-order valence-electron chi connectivity index (χ0n) is 19.0. The summed E-state index contributed by atoms with van der Waals surface area (Å²) in [6.45, 7) is 27.0. The molecule has 0 fully saturated rings. The summed E-state index contributed by atoms with van der Waals surface area (Å²) in [5.74, 6) is 1.65. The minimum atomic E-state index is 0. The van der Waals surface area contributed by atoms with Crippen molar-refractivity contribution in [1.29, 1.82) is 0 Å². The Labute approximate surface area is 158 Å². The van der Waals surface area contributed by atoms with E-state index in [0.717, 1.165) is 11.8 Å². The summed E-state index contributed by atoms with van der Waals surface area (Å²) in [4.78, 5) is 0. The quantitative estimate of drug-likeness (QED) is 0.512. The second kappa shape index (κ2) is 43.2. The lowest BCUT2D eigenvalue weighted by Crippen LogP contribution is -1.91. The Balaban J connectivity index is -0.0000000530. The van der Waals surface area contributed by atoms with Crippen LogP contribution in [0.3, 0.4) is 0 Å². The fraction of sp³-hybridized carbons (Fsp3) is 0.750. The predicted octanol–water partition coefficient (Wildman–Crippen LogP) is 9.68. The highest BCUT2D eigenvalue weighted by molar-refractivity contribution is 5.14. The molecular formula is C24H54. The zero-order chi connectivity index (χ0) is 19.7. The van der Waals surface area contributed by atoms with Crippen molar-refractivity contribution >= 4 is 0 Å². The van der Waals surface area contributed by atoms with E-state index in [0.29, 0.717) is 0 Å². The van der Waals surface area contributed by atoms with Gasteiger partial charge in [-0.2, -0.15) is 0 Å².